The number of hydrogen-bond acceptors (Lipinski definition) is 1. The van der Waals surface area contributed by atoms with Crippen LogP contribution in [0.2, 0.25) is 0 Å². The first-order valence-electron chi connectivity index (χ1n) is 3.44. The minimum atomic E-state index is 0.704. The molecule has 0 aromatic rings. The van der Waals surface area contributed by atoms with Crippen molar-refractivity contribution in [2.24, 2.45) is 11.0 Å². The van der Waals surface area contributed by atoms with Crippen LogP contribution in [0.4, 0.5) is 0 Å². The van der Waals surface area contributed by atoms with Gasteiger partial charge in [0.2, 0.25) is 0 Å². The number of halogens is 1. The van der Waals surface area contributed by atoms with Crippen LogP contribution in [0.1, 0.15) is 19.8 Å². The number of hydrogen-bond donors (Lipinski definition) is 0. The van der Waals surface area contributed by atoms with Crippen molar-refractivity contribution < 1.29 is 0 Å². The molecule has 0 aromatic carbocycles. The highest BCUT2D eigenvalue weighted by Gasteiger charge is 2.32. The van der Waals surface area contributed by atoms with Crippen molar-refractivity contribution in [2.45, 2.75) is 19.8 Å². The molecule has 1 aliphatic heterocycles. The zero-order valence-corrected chi connectivity index (χ0v) is 7.35. The molecule has 10 heavy (non-hydrogen) atoms. The zero-order valence-electron chi connectivity index (χ0n) is 5.76. The topological polar surface area (TPSA) is 26.5 Å². The molecule has 0 spiro atoms. The molecule has 1 heterocycles. The maximum atomic E-state index is 4.08. The molecule has 0 bridgehead atoms. The Morgan fingerprint density at radius 3 is 2.60 bits per heavy atom. The summed E-state index contributed by atoms with van der Waals surface area (Å²) in [5.74, 6) is 0.704. The fourth-order valence-corrected chi connectivity index (χ4v) is 1.50. The largest absolute Gasteiger partial charge is 0.154 e. The molecule has 1 aliphatic carbocycles. The first kappa shape index (κ1) is 6.40. The van der Waals surface area contributed by atoms with Gasteiger partial charge in [-0.05, 0) is 35.7 Å². The minimum absolute atomic E-state index is 0.704. The maximum absolute atomic E-state index is 4.08. The Morgan fingerprint density at radius 1 is 1.50 bits per heavy atom. The van der Waals surface area contributed by atoms with E-state index in [0.717, 1.165) is 15.9 Å². The first-order chi connectivity index (χ1) is 4.79. The third kappa shape index (κ3) is 0.888. The van der Waals surface area contributed by atoms with E-state index < -0.39 is 0 Å². The van der Waals surface area contributed by atoms with Gasteiger partial charge < -0.3 is 0 Å². The highest BCUT2D eigenvalue weighted by atomic mass is 79.9. The lowest BCUT2D eigenvalue weighted by atomic mass is 10.2. The highest BCUT2D eigenvalue weighted by Crippen LogP contribution is 2.37. The van der Waals surface area contributed by atoms with E-state index in [0.29, 0.717) is 5.92 Å². The van der Waals surface area contributed by atoms with Crippen molar-refractivity contribution in [3.63, 3.8) is 0 Å². The third-order valence-electron chi connectivity index (χ3n) is 1.81. The van der Waals surface area contributed by atoms with E-state index in [9.17, 15) is 0 Å². The van der Waals surface area contributed by atoms with Gasteiger partial charge in [0, 0.05) is 5.92 Å². The smallest absolute Gasteiger partial charge is 0.0822 e. The summed E-state index contributed by atoms with van der Waals surface area (Å²) in [5, 5.41) is 4.08. The van der Waals surface area contributed by atoms with Gasteiger partial charge >= 0.3 is 0 Å². The summed E-state index contributed by atoms with van der Waals surface area (Å²) >= 11 is 3.47. The quantitative estimate of drug-likeness (QED) is 0.618. The summed E-state index contributed by atoms with van der Waals surface area (Å²) < 4.78 is 1.12. The van der Waals surface area contributed by atoms with Gasteiger partial charge in [0.05, 0.1) is 15.9 Å². The van der Waals surface area contributed by atoms with E-state index in [2.05, 4.69) is 26.5 Å². The Kier molecular flexibility index (Phi) is 1.34. The maximum Gasteiger partial charge on any atom is 0.0822 e. The number of allylic oxidation sites excluding steroid dienone is 2. The minimum Gasteiger partial charge on any atom is -0.154 e. The van der Waals surface area contributed by atoms with Crippen molar-refractivity contribution in [2.75, 3.05) is 0 Å². The second-order valence-corrected chi connectivity index (χ2v) is 3.55. The fourth-order valence-electron chi connectivity index (χ4n) is 1.02. The average Bonchev–Trinajstić information content (AvgIpc) is 2.67. The molecule has 2 aliphatic rings. The average molecular weight is 200 g/mol. The van der Waals surface area contributed by atoms with Crippen LogP contribution in [0.15, 0.2) is 15.3 Å². The van der Waals surface area contributed by atoms with Crippen LogP contribution in [-0.2, 0) is 0 Å². The molecular formula is C7H8BrN2. The summed E-state index contributed by atoms with van der Waals surface area (Å²) in [7, 11) is 0. The van der Waals surface area contributed by atoms with E-state index in [1.54, 1.807) is 0 Å². The summed E-state index contributed by atoms with van der Waals surface area (Å²) in [5.41, 5.74) is 6.16. The molecule has 1 saturated carbocycles. The molecule has 1 radical (unpaired) electrons. The molecule has 0 aromatic heterocycles. The molecule has 2 nitrogen and oxygen atoms in total. The second kappa shape index (κ2) is 2.09. The molecule has 0 amide bonds. The molecule has 53 valence electrons. The Labute approximate surface area is 68.5 Å². The SMILES string of the molecule is CC1=C(Br)C(C2CC2)=N[N]1. The predicted octanol–water partition coefficient (Wildman–Crippen LogP) is 2.00. The van der Waals surface area contributed by atoms with Crippen LogP contribution in [0.25, 0.3) is 0 Å². The van der Waals surface area contributed by atoms with Gasteiger partial charge in [-0.1, -0.05) is 0 Å². The zero-order chi connectivity index (χ0) is 7.14. The van der Waals surface area contributed by atoms with E-state index in [4.69, 9.17) is 0 Å². The molecule has 0 N–H and O–H groups in total. The molecular weight excluding hydrogens is 192 g/mol. The fraction of sp³-hybridized carbons (Fsp3) is 0.571. The van der Waals surface area contributed by atoms with Crippen LogP contribution >= 0.6 is 15.9 Å². The van der Waals surface area contributed by atoms with Crippen LogP contribution in [0.5, 0.6) is 0 Å². The Bertz CT molecular complexity index is 226. The van der Waals surface area contributed by atoms with Crippen molar-refractivity contribution in [3.8, 4) is 0 Å². The summed E-state index contributed by atoms with van der Waals surface area (Å²) in [6.07, 6.45) is 2.58. The molecule has 0 saturated heterocycles. The standard InChI is InChI=1S/C7H8BrN2/c1-4-6(8)7(10-9-4)5-2-3-5/h5H,2-3H2,1H3. The van der Waals surface area contributed by atoms with E-state index in [1.807, 2.05) is 6.92 Å². The van der Waals surface area contributed by atoms with E-state index in [-0.39, 0.29) is 0 Å². The van der Waals surface area contributed by atoms with Gasteiger partial charge in [-0.25, -0.2) is 0 Å². The Balaban J connectivity index is 2.23. The van der Waals surface area contributed by atoms with E-state index >= 15 is 0 Å². The van der Waals surface area contributed by atoms with E-state index in [1.165, 1.54) is 12.8 Å². The molecule has 3 heteroatoms. The van der Waals surface area contributed by atoms with Gasteiger partial charge in [-0.15, -0.1) is 0 Å². The number of rotatable bonds is 1. The lowest BCUT2D eigenvalue weighted by Gasteiger charge is -1.92. The van der Waals surface area contributed by atoms with Crippen LogP contribution < -0.4 is 5.43 Å². The molecule has 1 fully saturated rings. The first-order valence-corrected chi connectivity index (χ1v) is 4.23. The number of nitrogens with zero attached hydrogens (tertiary/aromatic N) is 2. The van der Waals surface area contributed by atoms with Gasteiger partial charge in [-0.2, -0.15) is 10.5 Å². The predicted molar refractivity (Wildman–Crippen MR) is 43.9 cm³/mol. The second-order valence-electron chi connectivity index (χ2n) is 2.76. The highest BCUT2D eigenvalue weighted by molar-refractivity contribution is 9.12. The molecule has 2 rings (SSSR count). The Hall–Kier alpha value is -0.310. The lowest BCUT2D eigenvalue weighted by molar-refractivity contribution is 0.888. The van der Waals surface area contributed by atoms with Gasteiger partial charge in [0.1, 0.15) is 0 Å². The van der Waals surface area contributed by atoms with Gasteiger partial charge in [0.25, 0.3) is 0 Å². The van der Waals surface area contributed by atoms with Crippen molar-refractivity contribution in [1.29, 1.82) is 0 Å². The summed E-state index contributed by atoms with van der Waals surface area (Å²) in [4.78, 5) is 0. The van der Waals surface area contributed by atoms with Crippen LogP contribution in [0.3, 0.4) is 0 Å². The van der Waals surface area contributed by atoms with Crippen LogP contribution in [0, 0.1) is 5.92 Å². The molecule has 0 atom stereocenters. The summed E-state index contributed by atoms with van der Waals surface area (Å²) in [6.45, 7) is 1.98. The third-order valence-corrected chi connectivity index (χ3v) is 2.79. The lowest BCUT2D eigenvalue weighted by Crippen LogP contribution is -1.96. The van der Waals surface area contributed by atoms with Crippen LogP contribution in [-0.4, -0.2) is 5.71 Å². The van der Waals surface area contributed by atoms with Crippen molar-refractivity contribution in [3.05, 3.63) is 10.2 Å². The Morgan fingerprint density at radius 2 is 2.20 bits per heavy atom. The summed E-state index contributed by atoms with van der Waals surface area (Å²) in [6, 6.07) is 0. The monoisotopic (exact) mass is 199 g/mol. The van der Waals surface area contributed by atoms with Crippen molar-refractivity contribution in [1.82, 2.24) is 5.43 Å². The van der Waals surface area contributed by atoms with Crippen molar-refractivity contribution >= 4 is 21.6 Å². The van der Waals surface area contributed by atoms with Gasteiger partial charge in [0.15, 0.2) is 0 Å². The van der Waals surface area contributed by atoms with Gasteiger partial charge in [-0.3, -0.25) is 0 Å². The normalized spacial score (nSPS) is 24.8. The molecule has 0 unspecified atom stereocenters.